The Labute approximate surface area is 187 Å². The molecule has 0 saturated carbocycles. The van der Waals surface area contributed by atoms with Crippen LogP contribution in [0.4, 0.5) is 22.7 Å². The van der Waals surface area contributed by atoms with E-state index in [2.05, 4.69) is 68.1 Å². The highest BCUT2D eigenvalue weighted by Gasteiger charge is 2.15. The lowest BCUT2D eigenvalue weighted by atomic mass is 10.1. The summed E-state index contributed by atoms with van der Waals surface area (Å²) in [5, 5.41) is 8.93. The molecule has 156 valence electrons. The Morgan fingerprint density at radius 2 is 1.90 bits per heavy atom. The Morgan fingerprint density at radius 3 is 2.65 bits per heavy atom. The predicted octanol–water partition coefficient (Wildman–Crippen LogP) is 6.81. The molecule has 0 aliphatic rings. The zero-order valence-electron chi connectivity index (χ0n) is 17.8. The van der Waals surface area contributed by atoms with Crippen molar-refractivity contribution < 1.29 is 0 Å². The minimum Gasteiger partial charge on any atom is -0.344 e. The summed E-state index contributed by atoms with van der Waals surface area (Å²) < 4.78 is 0. The third-order valence-corrected chi connectivity index (χ3v) is 5.68. The number of H-pyrrole nitrogens is 1. The zero-order valence-corrected chi connectivity index (χ0v) is 18.6. The summed E-state index contributed by atoms with van der Waals surface area (Å²) in [5.41, 5.74) is 6.96. The van der Waals surface area contributed by atoms with Crippen LogP contribution in [0.1, 0.15) is 12.5 Å². The molecule has 1 heterocycles. The summed E-state index contributed by atoms with van der Waals surface area (Å²) in [6, 6.07) is 20.2. The van der Waals surface area contributed by atoms with Crippen molar-refractivity contribution in [2.75, 3.05) is 23.9 Å². The van der Waals surface area contributed by atoms with Gasteiger partial charge in [0.25, 0.3) is 0 Å². The molecule has 0 bridgehead atoms. The molecule has 4 aromatic rings. The summed E-state index contributed by atoms with van der Waals surface area (Å²) >= 11 is 6.21. The molecule has 0 saturated heterocycles. The number of benzene rings is 3. The highest BCUT2D eigenvalue weighted by Crippen LogP contribution is 2.37. The standard InChI is InChI=1S/C25H24ClN5/c1-5-24(30(3)20-8-6-7-19(26)14-20)17-10-12-22(27-2)25(13-17)31(4)21-11-9-18-16-28-29-23(18)15-21/h5-16H,2H2,1,3-4H3,(H,28,29)/b24-5-. The molecule has 0 aliphatic carbocycles. The van der Waals surface area contributed by atoms with E-state index >= 15 is 0 Å². The quantitative estimate of drug-likeness (QED) is 0.342. The van der Waals surface area contributed by atoms with Gasteiger partial charge in [0.2, 0.25) is 0 Å². The van der Waals surface area contributed by atoms with Gasteiger partial charge in [0, 0.05) is 47.1 Å². The predicted molar refractivity (Wildman–Crippen MR) is 133 cm³/mol. The molecule has 31 heavy (non-hydrogen) atoms. The Morgan fingerprint density at radius 1 is 1.06 bits per heavy atom. The molecular formula is C25H24ClN5. The van der Waals surface area contributed by atoms with Crippen molar-refractivity contribution in [3.63, 3.8) is 0 Å². The number of hydrogen-bond acceptors (Lipinski definition) is 4. The number of nitrogens with zero attached hydrogens (tertiary/aromatic N) is 4. The number of allylic oxidation sites excluding steroid dienone is 1. The molecule has 0 unspecified atom stereocenters. The van der Waals surface area contributed by atoms with Crippen LogP contribution < -0.4 is 9.80 Å². The van der Waals surface area contributed by atoms with Crippen LogP contribution in [0.25, 0.3) is 16.6 Å². The molecule has 3 aromatic carbocycles. The van der Waals surface area contributed by atoms with Gasteiger partial charge < -0.3 is 9.80 Å². The first-order valence-electron chi connectivity index (χ1n) is 9.95. The normalized spacial score (nSPS) is 11.5. The molecule has 1 N–H and O–H groups in total. The highest BCUT2D eigenvalue weighted by molar-refractivity contribution is 6.30. The molecular weight excluding hydrogens is 406 g/mol. The molecule has 1 aromatic heterocycles. The summed E-state index contributed by atoms with van der Waals surface area (Å²) in [5.74, 6) is 0. The fraction of sp³-hybridized carbons (Fsp3) is 0.120. The van der Waals surface area contributed by atoms with Crippen molar-refractivity contribution in [3.8, 4) is 0 Å². The van der Waals surface area contributed by atoms with E-state index in [9.17, 15) is 0 Å². The summed E-state index contributed by atoms with van der Waals surface area (Å²) in [6.07, 6.45) is 3.91. The molecule has 0 amide bonds. The van der Waals surface area contributed by atoms with Crippen LogP contribution in [0, 0.1) is 0 Å². The van der Waals surface area contributed by atoms with Gasteiger partial charge in [-0.3, -0.25) is 10.1 Å². The number of hydrogen-bond donors (Lipinski definition) is 1. The van der Waals surface area contributed by atoms with Crippen molar-refractivity contribution in [2.24, 2.45) is 4.99 Å². The average molecular weight is 430 g/mol. The lowest BCUT2D eigenvalue weighted by Crippen LogP contribution is -2.16. The van der Waals surface area contributed by atoms with Gasteiger partial charge in [-0.1, -0.05) is 29.8 Å². The van der Waals surface area contributed by atoms with Gasteiger partial charge in [-0.05, 0) is 62.2 Å². The van der Waals surface area contributed by atoms with Crippen LogP contribution >= 0.6 is 11.6 Å². The number of fused-ring (bicyclic) bond motifs is 1. The molecule has 6 heteroatoms. The minimum absolute atomic E-state index is 0.709. The SMILES string of the molecule is C=Nc1ccc(/C(=C/C)N(C)c2cccc(Cl)c2)cc1N(C)c1ccc2cn[nH]c2c1. The molecule has 4 rings (SSSR count). The first-order valence-corrected chi connectivity index (χ1v) is 10.3. The first-order chi connectivity index (χ1) is 15.0. The Bertz CT molecular complexity index is 1270. The number of rotatable bonds is 6. The van der Waals surface area contributed by atoms with E-state index in [-0.39, 0.29) is 0 Å². The van der Waals surface area contributed by atoms with E-state index in [1.807, 2.05) is 57.5 Å². The largest absolute Gasteiger partial charge is 0.344 e. The molecule has 0 spiro atoms. The van der Waals surface area contributed by atoms with Crippen molar-refractivity contribution >= 4 is 57.7 Å². The number of anilines is 3. The first kappa shape index (κ1) is 20.7. The second-order valence-electron chi connectivity index (χ2n) is 7.27. The van der Waals surface area contributed by atoms with Crippen LogP contribution in [0.15, 0.2) is 77.9 Å². The van der Waals surface area contributed by atoms with Crippen LogP contribution in [-0.4, -0.2) is 31.0 Å². The third kappa shape index (κ3) is 4.05. The smallest absolute Gasteiger partial charge is 0.0859 e. The van der Waals surface area contributed by atoms with Crippen LogP contribution in [0.3, 0.4) is 0 Å². The molecule has 0 aliphatic heterocycles. The maximum Gasteiger partial charge on any atom is 0.0859 e. The Balaban J connectivity index is 1.74. The van der Waals surface area contributed by atoms with Crippen LogP contribution in [-0.2, 0) is 0 Å². The molecule has 0 atom stereocenters. The maximum absolute atomic E-state index is 6.21. The van der Waals surface area contributed by atoms with E-state index < -0.39 is 0 Å². The van der Waals surface area contributed by atoms with Crippen LogP contribution in [0.5, 0.6) is 0 Å². The van der Waals surface area contributed by atoms with E-state index in [0.717, 1.165) is 44.9 Å². The Hall–Kier alpha value is -3.57. The number of nitrogens with one attached hydrogen (secondary N) is 1. The van der Waals surface area contributed by atoms with Crippen molar-refractivity contribution in [1.82, 2.24) is 10.2 Å². The second kappa shape index (κ2) is 8.66. The fourth-order valence-corrected chi connectivity index (χ4v) is 3.92. The number of aromatic nitrogens is 2. The molecule has 0 fully saturated rings. The van der Waals surface area contributed by atoms with Crippen molar-refractivity contribution in [3.05, 3.63) is 83.5 Å². The van der Waals surface area contributed by atoms with Crippen molar-refractivity contribution in [1.29, 1.82) is 0 Å². The van der Waals surface area contributed by atoms with Gasteiger partial charge in [-0.2, -0.15) is 5.10 Å². The van der Waals surface area contributed by atoms with Gasteiger partial charge in [-0.15, -0.1) is 0 Å². The van der Waals surface area contributed by atoms with E-state index in [4.69, 9.17) is 11.6 Å². The summed E-state index contributed by atoms with van der Waals surface area (Å²) in [6.45, 7) is 5.80. The minimum atomic E-state index is 0.709. The highest BCUT2D eigenvalue weighted by atomic mass is 35.5. The van der Waals surface area contributed by atoms with E-state index in [0.29, 0.717) is 5.02 Å². The van der Waals surface area contributed by atoms with Gasteiger partial charge in [-0.25, -0.2) is 0 Å². The van der Waals surface area contributed by atoms with Gasteiger partial charge >= 0.3 is 0 Å². The van der Waals surface area contributed by atoms with Gasteiger partial charge in [0.15, 0.2) is 0 Å². The zero-order chi connectivity index (χ0) is 22.0. The lowest BCUT2D eigenvalue weighted by Gasteiger charge is -2.26. The molecule has 0 radical (unpaired) electrons. The van der Waals surface area contributed by atoms with Crippen molar-refractivity contribution in [2.45, 2.75) is 6.92 Å². The average Bonchev–Trinajstić information content (AvgIpc) is 3.27. The topological polar surface area (TPSA) is 47.5 Å². The third-order valence-electron chi connectivity index (χ3n) is 5.45. The second-order valence-corrected chi connectivity index (χ2v) is 7.71. The summed E-state index contributed by atoms with van der Waals surface area (Å²) in [4.78, 5) is 8.49. The molecule has 5 nitrogen and oxygen atoms in total. The number of aliphatic imine (C=N–C) groups is 1. The summed E-state index contributed by atoms with van der Waals surface area (Å²) in [7, 11) is 4.07. The number of aromatic amines is 1. The van der Waals surface area contributed by atoms with E-state index in [1.165, 1.54) is 0 Å². The lowest BCUT2D eigenvalue weighted by molar-refractivity contribution is 1.12. The maximum atomic E-state index is 6.21. The van der Waals surface area contributed by atoms with E-state index in [1.54, 1.807) is 0 Å². The fourth-order valence-electron chi connectivity index (χ4n) is 3.74. The van der Waals surface area contributed by atoms with Gasteiger partial charge in [0.1, 0.15) is 0 Å². The van der Waals surface area contributed by atoms with Crippen LogP contribution in [0.2, 0.25) is 5.02 Å². The van der Waals surface area contributed by atoms with Gasteiger partial charge in [0.05, 0.1) is 23.1 Å². The Kier molecular flexibility index (Phi) is 5.78. The monoisotopic (exact) mass is 429 g/mol. The number of halogens is 1.